The number of sulfonamides is 1. The van der Waals surface area contributed by atoms with Crippen molar-refractivity contribution in [2.75, 3.05) is 40.5 Å². The van der Waals surface area contributed by atoms with Gasteiger partial charge in [0.2, 0.25) is 10.0 Å². The number of nitrogens with zero attached hydrogens (tertiary/aromatic N) is 1. The van der Waals surface area contributed by atoms with Crippen molar-refractivity contribution in [3.8, 4) is 5.75 Å². The molecule has 0 saturated carbocycles. The number of carbonyl (C=O) groups is 1. The molecule has 0 spiro atoms. The first-order chi connectivity index (χ1) is 11.7. The molecule has 7 nitrogen and oxygen atoms in total. The van der Waals surface area contributed by atoms with Crippen molar-refractivity contribution in [3.05, 3.63) is 23.3 Å². The molecule has 1 rings (SSSR count). The number of benzene rings is 1. The highest BCUT2D eigenvalue weighted by Crippen LogP contribution is 2.28. The summed E-state index contributed by atoms with van der Waals surface area (Å²) >= 11 is 0. The largest absolute Gasteiger partial charge is 0.491 e. The lowest BCUT2D eigenvalue weighted by Crippen LogP contribution is -2.30. The molecule has 25 heavy (non-hydrogen) atoms. The third kappa shape index (κ3) is 5.98. The third-order valence-corrected chi connectivity index (χ3v) is 5.76. The summed E-state index contributed by atoms with van der Waals surface area (Å²) in [5.41, 5.74) is 1.19. The summed E-state index contributed by atoms with van der Waals surface area (Å²) in [5.74, 6) is 0.181. The standard InChI is InChI=1S/C17H27NO6S/c1-6-23-16(19)7-8-18(4)25(20,21)17-13(2)11-15(12-14(17)3)24-10-9-22-5/h11-12H,6-10H2,1-5H3. The van der Waals surface area contributed by atoms with Crippen LogP contribution in [0, 0.1) is 13.8 Å². The first-order valence-corrected chi connectivity index (χ1v) is 9.53. The number of esters is 1. The number of methoxy groups -OCH3 is 1. The summed E-state index contributed by atoms with van der Waals surface area (Å²) in [7, 11) is -0.668. The molecule has 0 amide bonds. The molecule has 142 valence electrons. The van der Waals surface area contributed by atoms with Crippen LogP contribution in [0.3, 0.4) is 0 Å². The van der Waals surface area contributed by atoms with Crippen molar-refractivity contribution >= 4 is 16.0 Å². The number of rotatable bonds is 10. The minimum atomic E-state index is -3.71. The lowest BCUT2D eigenvalue weighted by Gasteiger charge is -2.20. The molecule has 0 aliphatic rings. The van der Waals surface area contributed by atoms with Crippen LogP contribution in [0.15, 0.2) is 17.0 Å². The minimum absolute atomic E-state index is 0.0138. The van der Waals surface area contributed by atoms with Crippen LogP contribution < -0.4 is 4.74 Å². The van der Waals surface area contributed by atoms with Gasteiger partial charge in [-0.3, -0.25) is 4.79 Å². The van der Waals surface area contributed by atoms with Crippen molar-refractivity contribution in [2.45, 2.75) is 32.1 Å². The van der Waals surface area contributed by atoms with Crippen molar-refractivity contribution in [2.24, 2.45) is 0 Å². The molecule has 0 aliphatic heterocycles. The second kappa shape index (κ2) is 9.74. The molecular formula is C17H27NO6S. The number of carbonyl (C=O) groups excluding carboxylic acids is 1. The van der Waals surface area contributed by atoms with Gasteiger partial charge in [-0.25, -0.2) is 12.7 Å². The highest BCUT2D eigenvalue weighted by Gasteiger charge is 2.26. The van der Waals surface area contributed by atoms with Crippen LogP contribution >= 0.6 is 0 Å². The van der Waals surface area contributed by atoms with Gasteiger partial charge in [0, 0.05) is 20.7 Å². The normalized spacial score (nSPS) is 11.6. The Balaban J connectivity index is 2.95. The Kier molecular flexibility index (Phi) is 8.34. The Hall–Kier alpha value is -1.64. The van der Waals surface area contributed by atoms with E-state index in [2.05, 4.69) is 0 Å². The van der Waals surface area contributed by atoms with E-state index in [-0.39, 0.29) is 24.5 Å². The van der Waals surface area contributed by atoms with Gasteiger partial charge < -0.3 is 14.2 Å². The van der Waals surface area contributed by atoms with Crippen LogP contribution in [0.25, 0.3) is 0 Å². The average Bonchev–Trinajstić information content (AvgIpc) is 2.52. The zero-order valence-corrected chi connectivity index (χ0v) is 16.3. The molecule has 0 atom stereocenters. The molecule has 0 saturated heterocycles. The maximum Gasteiger partial charge on any atom is 0.307 e. The number of ether oxygens (including phenoxy) is 3. The van der Waals surface area contributed by atoms with E-state index in [1.165, 1.54) is 11.4 Å². The smallest absolute Gasteiger partial charge is 0.307 e. The fraction of sp³-hybridized carbons (Fsp3) is 0.588. The first-order valence-electron chi connectivity index (χ1n) is 8.09. The van der Waals surface area contributed by atoms with Crippen LogP contribution in [0.1, 0.15) is 24.5 Å². The molecule has 1 aromatic rings. The van der Waals surface area contributed by atoms with Gasteiger partial charge in [-0.05, 0) is 44.0 Å². The molecule has 0 radical (unpaired) electrons. The maximum atomic E-state index is 12.8. The zero-order valence-electron chi connectivity index (χ0n) is 15.5. The summed E-state index contributed by atoms with van der Waals surface area (Å²) in [6.07, 6.45) is 0.0138. The highest BCUT2D eigenvalue weighted by molar-refractivity contribution is 7.89. The van der Waals surface area contributed by atoms with E-state index in [4.69, 9.17) is 14.2 Å². The molecule has 0 unspecified atom stereocenters. The SMILES string of the molecule is CCOC(=O)CCN(C)S(=O)(=O)c1c(C)cc(OCCOC)cc1C. The fourth-order valence-electron chi connectivity index (χ4n) is 2.40. The van der Waals surface area contributed by atoms with E-state index in [0.29, 0.717) is 30.1 Å². The Labute approximate surface area is 149 Å². The highest BCUT2D eigenvalue weighted by atomic mass is 32.2. The maximum absolute atomic E-state index is 12.8. The van der Waals surface area contributed by atoms with Gasteiger partial charge >= 0.3 is 5.97 Å². The molecule has 8 heteroatoms. The van der Waals surface area contributed by atoms with E-state index in [9.17, 15) is 13.2 Å². The van der Waals surface area contributed by atoms with Gasteiger partial charge in [0.25, 0.3) is 0 Å². The summed E-state index contributed by atoms with van der Waals surface area (Å²) in [5, 5.41) is 0. The quantitative estimate of drug-likeness (QED) is 0.460. The van der Waals surface area contributed by atoms with Crippen LogP contribution in [0.5, 0.6) is 5.75 Å². The first kappa shape index (κ1) is 21.4. The van der Waals surface area contributed by atoms with Gasteiger partial charge in [0.15, 0.2) is 0 Å². The van der Waals surface area contributed by atoms with Crippen LogP contribution in [-0.2, 0) is 24.3 Å². The molecule has 1 aromatic carbocycles. The Bertz CT molecular complexity index is 663. The molecule has 0 bridgehead atoms. The molecular weight excluding hydrogens is 346 g/mol. The second-order valence-electron chi connectivity index (χ2n) is 5.61. The Morgan fingerprint density at radius 1 is 1.16 bits per heavy atom. The van der Waals surface area contributed by atoms with E-state index < -0.39 is 16.0 Å². The third-order valence-electron chi connectivity index (χ3n) is 3.59. The lowest BCUT2D eigenvalue weighted by molar-refractivity contribution is -0.143. The van der Waals surface area contributed by atoms with Crippen LogP contribution in [0.2, 0.25) is 0 Å². The van der Waals surface area contributed by atoms with Crippen molar-refractivity contribution in [1.29, 1.82) is 0 Å². The molecule has 0 aromatic heterocycles. The number of aryl methyl sites for hydroxylation is 2. The fourth-order valence-corrected chi connectivity index (χ4v) is 3.98. The van der Waals surface area contributed by atoms with Crippen molar-refractivity contribution < 1.29 is 27.4 Å². The van der Waals surface area contributed by atoms with Gasteiger partial charge in [0.1, 0.15) is 12.4 Å². The van der Waals surface area contributed by atoms with Crippen LogP contribution in [0.4, 0.5) is 0 Å². The lowest BCUT2D eigenvalue weighted by atomic mass is 10.1. The van der Waals surface area contributed by atoms with Crippen molar-refractivity contribution in [1.82, 2.24) is 4.31 Å². The van der Waals surface area contributed by atoms with Crippen molar-refractivity contribution in [3.63, 3.8) is 0 Å². The predicted octanol–water partition coefficient (Wildman–Crippen LogP) is 1.90. The van der Waals surface area contributed by atoms with Gasteiger partial charge in [0.05, 0.1) is 24.5 Å². The zero-order chi connectivity index (χ0) is 19.0. The summed E-state index contributed by atoms with van der Waals surface area (Å²) in [4.78, 5) is 11.7. The summed E-state index contributed by atoms with van der Waals surface area (Å²) in [6.45, 7) is 6.34. The number of hydrogen-bond donors (Lipinski definition) is 0. The van der Waals surface area contributed by atoms with Gasteiger partial charge in [-0.2, -0.15) is 0 Å². The van der Waals surface area contributed by atoms with E-state index in [0.717, 1.165) is 0 Å². The Morgan fingerprint density at radius 3 is 2.28 bits per heavy atom. The molecule has 0 N–H and O–H groups in total. The minimum Gasteiger partial charge on any atom is -0.491 e. The summed E-state index contributed by atoms with van der Waals surface area (Å²) in [6, 6.07) is 3.38. The topological polar surface area (TPSA) is 82.1 Å². The second-order valence-corrected chi connectivity index (χ2v) is 7.59. The van der Waals surface area contributed by atoms with Gasteiger partial charge in [-0.1, -0.05) is 0 Å². The monoisotopic (exact) mass is 373 g/mol. The van der Waals surface area contributed by atoms with Crippen LogP contribution in [-0.4, -0.2) is 59.2 Å². The molecule has 0 aliphatic carbocycles. The van der Waals surface area contributed by atoms with E-state index in [1.54, 1.807) is 40.0 Å². The molecule has 0 heterocycles. The van der Waals surface area contributed by atoms with E-state index in [1.807, 2.05) is 0 Å². The predicted molar refractivity (Wildman–Crippen MR) is 94.4 cm³/mol. The number of hydrogen-bond acceptors (Lipinski definition) is 6. The van der Waals surface area contributed by atoms with E-state index >= 15 is 0 Å². The Morgan fingerprint density at radius 2 is 1.76 bits per heavy atom. The average molecular weight is 373 g/mol. The summed E-state index contributed by atoms with van der Waals surface area (Å²) < 4.78 is 42.1. The molecule has 0 fully saturated rings. The van der Waals surface area contributed by atoms with Gasteiger partial charge in [-0.15, -0.1) is 0 Å².